The van der Waals surface area contributed by atoms with Crippen LogP contribution in [0.5, 0.6) is 0 Å². The number of carbonyl (C=O) groups is 3. The van der Waals surface area contributed by atoms with E-state index in [0.29, 0.717) is 0 Å². The summed E-state index contributed by atoms with van der Waals surface area (Å²) >= 11 is 0.137. The zero-order valence-corrected chi connectivity index (χ0v) is 10.2. The van der Waals surface area contributed by atoms with Crippen molar-refractivity contribution in [2.45, 2.75) is 18.4 Å². The number of hydrogen-bond donors (Lipinski definition) is 3. The molecule has 0 fully saturated rings. The molecule has 0 radical (unpaired) electrons. The summed E-state index contributed by atoms with van der Waals surface area (Å²) < 4.78 is 4.25. The molecule has 0 rings (SSSR count). The summed E-state index contributed by atoms with van der Waals surface area (Å²) in [5, 5.41) is 26.1. The van der Waals surface area contributed by atoms with Gasteiger partial charge in [-0.3, -0.25) is 0 Å². The van der Waals surface area contributed by atoms with Crippen molar-refractivity contribution >= 4 is 17.9 Å². The Balaban J connectivity index is 4.63. The molecule has 0 bridgehead atoms. The molecule has 0 saturated carbocycles. The second-order valence-corrected chi connectivity index (χ2v) is 3.23. The Hall–Kier alpha value is -0.643. The van der Waals surface area contributed by atoms with Crippen LogP contribution in [0, 0.1) is 28.0 Å². The first kappa shape index (κ1) is 13.4. The van der Waals surface area contributed by atoms with Crippen molar-refractivity contribution in [2.75, 3.05) is 0 Å². The molecule has 0 aliphatic carbocycles. The molecule has 0 aliphatic rings. The summed E-state index contributed by atoms with van der Waals surface area (Å²) in [7, 11) is 0. The Morgan fingerprint density at radius 2 is 1.71 bits per heavy atom. The van der Waals surface area contributed by atoms with Gasteiger partial charge in [-0.05, 0) is 0 Å². The maximum atomic E-state index is 10.7. The molecule has 79 valence electrons. The summed E-state index contributed by atoms with van der Waals surface area (Å²) in [6, 6.07) is 0. The third kappa shape index (κ3) is 4.04. The van der Waals surface area contributed by atoms with Gasteiger partial charge in [0.25, 0.3) is 0 Å². The van der Waals surface area contributed by atoms with Gasteiger partial charge in [-0.2, -0.15) is 0 Å². The van der Waals surface area contributed by atoms with E-state index in [9.17, 15) is 19.5 Å². The molecule has 0 aromatic heterocycles. The molecule has 1 unspecified atom stereocenters. The Bertz CT molecular complexity index is 263. The van der Waals surface area contributed by atoms with Crippen molar-refractivity contribution in [1.82, 2.24) is 0 Å². The number of carboxylic acids is 2. The molecule has 1 atom stereocenters. The van der Waals surface area contributed by atoms with Crippen LogP contribution in [0.15, 0.2) is 0 Å². The molecule has 0 amide bonds. The normalized spacial score (nSPS) is 14.2. The van der Waals surface area contributed by atoms with E-state index in [2.05, 4.69) is 2.47 Å². The van der Waals surface area contributed by atoms with E-state index in [4.69, 9.17) is 10.2 Å². The number of carboxylic acid groups (broad SMARTS) is 2. The first-order valence-electron chi connectivity index (χ1n) is 3.32. The van der Waals surface area contributed by atoms with Crippen LogP contribution in [-0.2, 0) is 16.9 Å². The number of aliphatic hydroxyl groups is 1. The van der Waals surface area contributed by atoms with Crippen LogP contribution in [0.1, 0.15) is 12.8 Å². The molecule has 0 aliphatic heterocycles. The number of carbonyl (C=O) groups excluding carboxylic acids is 1. The molecular formula is C6H7O7Pu. The van der Waals surface area contributed by atoms with Crippen molar-refractivity contribution in [3.05, 3.63) is 0 Å². The van der Waals surface area contributed by atoms with E-state index < -0.39 is 36.4 Å². The van der Waals surface area contributed by atoms with E-state index in [1.54, 1.807) is 0 Å². The van der Waals surface area contributed by atoms with Crippen LogP contribution >= 0.6 is 0 Å². The first-order chi connectivity index (χ1) is 6.31. The molecule has 0 aromatic rings. The monoisotopic (exact) mass is 429 g/mol. The molecule has 14 heavy (non-hydrogen) atoms. The number of hydrogen-bond acceptors (Lipinski definition) is 5. The van der Waals surface area contributed by atoms with Gasteiger partial charge in [0.05, 0.1) is 0 Å². The second-order valence-electron chi connectivity index (χ2n) is 2.54. The summed E-state index contributed by atoms with van der Waals surface area (Å²) in [4.78, 5) is 31.4. The number of rotatable bonds is 5. The van der Waals surface area contributed by atoms with Gasteiger partial charge < -0.3 is 0 Å². The van der Waals surface area contributed by atoms with Gasteiger partial charge >= 0.3 is 96.6 Å². The van der Waals surface area contributed by atoms with E-state index in [1.807, 2.05) is 0 Å². The molecule has 0 aromatic carbocycles. The first-order valence-corrected chi connectivity index (χ1v) is 4.71. The van der Waals surface area contributed by atoms with Crippen LogP contribution in [-0.4, -0.2) is 38.8 Å². The second kappa shape index (κ2) is 5.29. The van der Waals surface area contributed by atoms with E-state index in [-0.39, 0.29) is 28.0 Å². The van der Waals surface area contributed by atoms with Crippen LogP contribution in [0.3, 0.4) is 0 Å². The summed E-state index contributed by atoms with van der Waals surface area (Å²) in [5.74, 6) is -4.20. The third-order valence-corrected chi connectivity index (χ3v) is 2.15. The topological polar surface area (TPSA) is 121 Å². The third-order valence-electron chi connectivity index (χ3n) is 1.37. The minimum absolute atomic E-state index is 0.137. The van der Waals surface area contributed by atoms with E-state index in [0.717, 1.165) is 0 Å². The van der Waals surface area contributed by atoms with E-state index in [1.165, 1.54) is 0 Å². The maximum absolute atomic E-state index is 10.7. The molecule has 8 heteroatoms. The Morgan fingerprint density at radius 3 is 2.00 bits per heavy atom. The zero-order chi connectivity index (χ0) is 11.4. The van der Waals surface area contributed by atoms with Gasteiger partial charge in [0.2, 0.25) is 0 Å². The van der Waals surface area contributed by atoms with Crippen molar-refractivity contribution in [2.24, 2.45) is 0 Å². The summed E-state index contributed by atoms with van der Waals surface area (Å²) in [6.45, 7) is 0. The molecule has 0 saturated heterocycles. The van der Waals surface area contributed by atoms with Gasteiger partial charge in [-0.15, -0.1) is 0 Å². The van der Waals surface area contributed by atoms with Crippen molar-refractivity contribution < 1.29 is 60.2 Å². The average molecular weight is 435 g/mol. The van der Waals surface area contributed by atoms with Crippen LogP contribution < -0.4 is 0 Å². The van der Waals surface area contributed by atoms with Crippen molar-refractivity contribution in [3.63, 3.8) is 0 Å². The summed E-state index contributed by atoms with van der Waals surface area (Å²) in [6.07, 6.45) is -1.91. The van der Waals surface area contributed by atoms with Crippen molar-refractivity contribution in [1.29, 1.82) is 0 Å². The molecule has 3 N–H and O–H groups in total. The van der Waals surface area contributed by atoms with Crippen molar-refractivity contribution in [3.8, 4) is 0 Å². The quantitative estimate of drug-likeness (QED) is 0.490. The van der Waals surface area contributed by atoms with Crippen LogP contribution in [0.4, 0.5) is 0 Å². The standard InChI is InChI=1S/C6H8O7.Pu/c7-3(8)1-6(13,5(11)12)2-4(9)10;/h13H,1-2H2,(H,7,8)(H,9,10)(H,11,12);/q;+1/p-1. The molecule has 7 nitrogen and oxygen atoms in total. The zero-order valence-electron chi connectivity index (χ0n) is 6.80. The van der Waals surface area contributed by atoms with Gasteiger partial charge in [0, 0.05) is 0 Å². The van der Waals surface area contributed by atoms with Gasteiger partial charge in [-0.1, -0.05) is 0 Å². The number of aliphatic carboxylic acids is 2. The Labute approximate surface area is 96.5 Å². The Morgan fingerprint density at radius 1 is 1.21 bits per heavy atom. The fourth-order valence-electron chi connectivity index (χ4n) is 0.732. The predicted octanol–water partition coefficient (Wildman–Crippen LogP) is -1.33. The minimum atomic E-state index is -2.59. The molecule has 0 heterocycles. The van der Waals surface area contributed by atoms with Crippen LogP contribution in [0.25, 0.3) is 0 Å². The average Bonchev–Trinajstić information content (AvgIpc) is 2.02. The predicted molar refractivity (Wildman–Crippen MR) is 35.5 cm³/mol. The van der Waals surface area contributed by atoms with E-state index >= 15 is 0 Å². The summed E-state index contributed by atoms with van der Waals surface area (Å²) in [5.41, 5.74) is -2.59. The molecule has 0 spiro atoms. The van der Waals surface area contributed by atoms with Gasteiger partial charge in [0.15, 0.2) is 0 Å². The molecular weight excluding hydrogens is 428 g/mol. The van der Waals surface area contributed by atoms with Gasteiger partial charge in [-0.25, -0.2) is 0 Å². The fourth-order valence-corrected chi connectivity index (χ4v) is 0.977. The fraction of sp³-hybridized carbons (Fsp3) is 0.500. The van der Waals surface area contributed by atoms with Crippen LogP contribution in [0.2, 0.25) is 0 Å². The SMILES string of the molecule is O=C(O)CC(O)(CC(=O)[O][Pu])C(=O)O. The Kier molecular flexibility index (Phi) is 5.05. The van der Waals surface area contributed by atoms with Gasteiger partial charge in [0.1, 0.15) is 0 Å².